The second-order valence-corrected chi connectivity index (χ2v) is 7.42. The smallest absolute Gasteiger partial charge is 0.296 e. The fourth-order valence-electron chi connectivity index (χ4n) is 2.05. The van der Waals surface area contributed by atoms with Crippen molar-refractivity contribution in [2.24, 2.45) is 20.5 Å². The first kappa shape index (κ1) is 23.9. The summed E-state index contributed by atoms with van der Waals surface area (Å²) in [4.78, 5) is -0.570. The van der Waals surface area contributed by atoms with Crippen molar-refractivity contribution >= 4 is 27.2 Å². The van der Waals surface area contributed by atoms with Gasteiger partial charge in [0.25, 0.3) is 10.1 Å². The molecule has 2 aromatic rings. The molecule has 3 N–H and O–H groups in total. The van der Waals surface area contributed by atoms with Crippen LogP contribution in [0.25, 0.3) is 0 Å². The van der Waals surface area contributed by atoms with E-state index in [0.717, 1.165) is 23.3 Å². The minimum absolute atomic E-state index is 0. The Hall–Kier alpha value is -2.17. The predicted molar refractivity (Wildman–Crippen MR) is 99.1 cm³/mol. The van der Waals surface area contributed by atoms with Gasteiger partial charge in [-0.3, -0.25) is 4.55 Å². The first-order valence-electron chi connectivity index (χ1n) is 7.97. The van der Waals surface area contributed by atoms with Crippen molar-refractivity contribution in [2.45, 2.75) is 31.8 Å². The number of benzene rings is 2. The number of rotatable bonds is 6. The minimum Gasteiger partial charge on any atom is -0.506 e. The predicted octanol–water partition coefficient (Wildman–Crippen LogP) is 4.13. The largest absolute Gasteiger partial charge is 0.506 e. The van der Waals surface area contributed by atoms with Crippen molar-refractivity contribution in [3.8, 4) is 5.75 Å². The Kier molecular flexibility index (Phi) is 8.40. The molecular formula is C17H20CuN4O5S. The number of aryl methyl sites for hydroxylation is 2. The number of aromatic hydroxyl groups is 1. The van der Waals surface area contributed by atoms with E-state index in [0.29, 0.717) is 5.69 Å². The van der Waals surface area contributed by atoms with Crippen LogP contribution in [0, 0.1) is 13.8 Å². The monoisotopic (exact) mass is 455 g/mol. The number of phenols is 1. The molecule has 0 saturated heterocycles. The van der Waals surface area contributed by atoms with E-state index in [-0.39, 0.29) is 35.0 Å². The minimum atomic E-state index is -4.65. The standard InChI is InChI=1S/C17H20N4O5S.Cu/c1-10-4-5-13(6-11(10)2)19-21-15-7-16(23)14(20-18-9-12(3)22)8-17(15)27(24,25)26;/h4-8,12,22-23H,9H2,1-3H3,(H,24,25,26);. The van der Waals surface area contributed by atoms with E-state index in [1.54, 1.807) is 12.1 Å². The molecule has 1 atom stereocenters. The third-order valence-corrected chi connectivity index (χ3v) is 4.50. The maximum Gasteiger partial charge on any atom is 0.296 e. The molecule has 0 spiro atoms. The molecule has 0 aliphatic heterocycles. The number of aliphatic hydroxyl groups excluding tert-OH is 1. The molecule has 2 rings (SSSR count). The molecule has 0 heterocycles. The summed E-state index contributed by atoms with van der Waals surface area (Å²) in [5.74, 6) is -0.397. The molecule has 1 unspecified atom stereocenters. The number of nitrogens with zero attached hydrogens (tertiary/aromatic N) is 4. The summed E-state index contributed by atoms with van der Waals surface area (Å²) in [7, 11) is -4.65. The molecule has 11 heteroatoms. The summed E-state index contributed by atoms with van der Waals surface area (Å²) < 4.78 is 32.8. The molecule has 0 bridgehead atoms. The fourth-order valence-corrected chi connectivity index (χ4v) is 2.67. The van der Waals surface area contributed by atoms with Gasteiger partial charge >= 0.3 is 0 Å². The number of hydrogen-bond donors (Lipinski definition) is 3. The zero-order chi connectivity index (χ0) is 20.2. The molecule has 0 aromatic heterocycles. The topological polar surface area (TPSA) is 144 Å². The summed E-state index contributed by atoms with van der Waals surface area (Å²) in [5.41, 5.74) is 2.10. The molecule has 2 aromatic carbocycles. The summed E-state index contributed by atoms with van der Waals surface area (Å²) in [5, 5.41) is 34.3. The Morgan fingerprint density at radius 2 is 1.68 bits per heavy atom. The van der Waals surface area contributed by atoms with Crippen LogP contribution < -0.4 is 0 Å². The van der Waals surface area contributed by atoms with Gasteiger partial charge in [-0.1, -0.05) is 6.07 Å². The van der Waals surface area contributed by atoms with E-state index < -0.39 is 26.9 Å². The Morgan fingerprint density at radius 1 is 1.00 bits per heavy atom. The molecule has 9 nitrogen and oxygen atoms in total. The number of hydrogen-bond acceptors (Lipinski definition) is 8. The van der Waals surface area contributed by atoms with Gasteiger partial charge in [-0.25, -0.2) is 0 Å². The molecule has 155 valence electrons. The molecule has 0 fully saturated rings. The molecule has 0 saturated carbocycles. The van der Waals surface area contributed by atoms with E-state index in [2.05, 4.69) is 20.5 Å². The van der Waals surface area contributed by atoms with Crippen LogP contribution in [0.1, 0.15) is 18.1 Å². The van der Waals surface area contributed by atoms with Gasteiger partial charge in [0.1, 0.15) is 22.0 Å². The van der Waals surface area contributed by atoms with Gasteiger partial charge in [0, 0.05) is 23.1 Å². The van der Waals surface area contributed by atoms with E-state index >= 15 is 0 Å². The molecule has 0 aliphatic rings. The van der Waals surface area contributed by atoms with Crippen LogP contribution in [0.3, 0.4) is 0 Å². The normalized spacial score (nSPS) is 13.0. The quantitative estimate of drug-likeness (QED) is 0.340. The zero-order valence-electron chi connectivity index (χ0n) is 15.3. The molecule has 28 heavy (non-hydrogen) atoms. The third-order valence-electron chi connectivity index (χ3n) is 3.62. The molecule has 0 aliphatic carbocycles. The molecule has 0 amide bonds. The van der Waals surface area contributed by atoms with Crippen LogP contribution in [0.5, 0.6) is 5.75 Å². The van der Waals surface area contributed by atoms with Crippen molar-refractivity contribution in [3.05, 3.63) is 41.5 Å². The average Bonchev–Trinajstić information content (AvgIpc) is 2.56. The Labute approximate surface area is 173 Å². The Bertz CT molecular complexity index is 1010. The number of aliphatic hydroxyl groups is 1. The summed E-state index contributed by atoms with van der Waals surface area (Å²) >= 11 is 0. The van der Waals surface area contributed by atoms with Crippen LogP contribution in [0.2, 0.25) is 0 Å². The molecular weight excluding hydrogens is 436 g/mol. The Balaban J connectivity index is 0.00000392. The van der Waals surface area contributed by atoms with Crippen LogP contribution in [-0.4, -0.2) is 35.8 Å². The van der Waals surface area contributed by atoms with Gasteiger partial charge in [0.15, 0.2) is 0 Å². The third kappa shape index (κ3) is 6.47. The van der Waals surface area contributed by atoms with Gasteiger partial charge < -0.3 is 10.2 Å². The van der Waals surface area contributed by atoms with Gasteiger partial charge in [-0.05, 0) is 50.1 Å². The first-order chi connectivity index (χ1) is 12.6. The van der Waals surface area contributed by atoms with Crippen molar-refractivity contribution in [3.63, 3.8) is 0 Å². The van der Waals surface area contributed by atoms with E-state index in [1.807, 2.05) is 19.9 Å². The van der Waals surface area contributed by atoms with E-state index in [9.17, 15) is 18.1 Å². The number of azo groups is 2. The second kappa shape index (κ2) is 9.85. The summed E-state index contributed by atoms with van der Waals surface area (Å²) in [6, 6.07) is 7.27. The Morgan fingerprint density at radius 3 is 2.25 bits per heavy atom. The maximum absolute atomic E-state index is 11.7. The van der Waals surface area contributed by atoms with Crippen molar-refractivity contribution < 1.29 is 40.3 Å². The van der Waals surface area contributed by atoms with Crippen LogP contribution in [0.15, 0.2) is 55.7 Å². The summed E-state index contributed by atoms with van der Waals surface area (Å²) in [6.07, 6.45) is -0.747. The average molecular weight is 456 g/mol. The van der Waals surface area contributed by atoms with Gasteiger partial charge in [0.05, 0.1) is 18.3 Å². The van der Waals surface area contributed by atoms with Crippen LogP contribution in [-0.2, 0) is 27.2 Å². The van der Waals surface area contributed by atoms with E-state index in [4.69, 9.17) is 5.11 Å². The van der Waals surface area contributed by atoms with E-state index in [1.165, 1.54) is 6.92 Å². The first-order valence-corrected chi connectivity index (χ1v) is 9.41. The van der Waals surface area contributed by atoms with Gasteiger partial charge in [-0.15, -0.1) is 5.11 Å². The van der Waals surface area contributed by atoms with Gasteiger partial charge in [0.2, 0.25) is 0 Å². The van der Waals surface area contributed by atoms with Crippen molar-refractivity contribution in [1.82, 2.24) is 0 Å². The summed E-state index contributed by atoms with van der Waals surface area (Å²) in [6.45, 7) is 5.31. The maximum atomic E-state index is 11.7. The van der Waals surface area contributed by atoms with Crippen LogP contribution in [0.4, 0.5) is 17.1 Å². The SMILES string of the molecule is Cc1ccc(N=Nc2cc(O)c(N=NCC(C)O)cc2S(=O)(=O)O)cc1C.[Cu]. The number of phenolic OH excluding ortho intramolecular Hbond substituents is 1. The fraction of sp³-hybridized carbons (Fsp3) is 0.294. The van der Waals surface area contributed by atoms with Crippen LogP contribution >= 0.6 is 0 Å². The zero-order valence-corrected chi connectivity index (χ0v) is 17.1. The second-order valence-electron chi connectivity index (χ2n) is 6.03. The molecule has 1 radical (unpaired) electrons. The van der Waals surface area contributed by atoms with Crippen molar-refractivity contribution in [1.29, 1.82) is 0 Å². The van der Waals surface area contributed by atoms with Crippen molar-refractivity contribution in [2.75, 3.05) is 6.54 Å². The van der Waals surface area contributed by atoms with Gasteiger partial charge in [-0.2, -0.15) is 23.8 Å².